The molecule has 3 aromatic rings. The highest BCUT2D eigenvalue weighted by molar-refractivity contribution is 5.39. The summed E-state index contributed by atoms with van der Waals surface area (Å²) >= 11 is 0. The van der Waals surface area contributed by atoms with Crippen molar-refractivity contribution in [3.63, 3.8) is 0 Å². The molecule has 0 spiro atoms. The molecule has 1 saturated heterocycles. The molecule has 0 amide bonds. The van der Waals surface area contributed by atoms with Crippen molar-refractivity contribution in [3.8, 4) is 5.75 Å². The Hall–Kier alpha value is -2.77. The predicted octanol–water partition coefficient (Wildman–Crippen LogP) is 2.26. The number of hydrogen-bond acceptors (Lipinski definition) is 6. The van der Waals surface area contributed by atoms with Crippen molar-refractivity contribution in [1.82, 2.24) is 30.0 Å². The average molecular weight is 393 g/mol. The van der Waals surface area contributed by atoms with E-state index >= 15 is 0 Å². The number of piperazine rings is 1. The van der Waals surface area contributed by atoms with Gasteiger partial charge in [0.25, 0.3) is 0 Å². The van der Waals surface area contributed by atoms with Gasteiger partial charge in [0.2, 0.25) is 0 Å². The Kier molecular flexibility index (Phi) is 6.17. The second-order valence-corrected chi connectivity index (χ2v) is 7.48. The lowest BCUT2D eigenvalue weighted by molar-refractivity contribution is 0.120. The minimum absolute atomic E-state index is 0.0365. The van der Waals surface area contributed by atoms with Gasteiger partial charge in [-0.15, -0.1) is 5.10 Å². The first-order chi connectivity index (χ1) is 14.3. The molecule has 0 bridgehead atoms. The van der Waals surface area contributed by atoms with E-state index in [4.69, 9.17) is 4.74 Å². The lowest BCUT2D eigenvalue weighted by atomic mass is 10.0. The van der Waals surface area contributed by atoms with E-state index in [-0.39, 0.29) is 6.04 Å². The summed E-state index contributed by atoms with van der Waals surface area (Å²) in [5, 5.41) is 12.8. The molecule has 152 valence electrons. The van der Waals surface area contributed by atoms with Crippen LogP contribution in [0.25, 0.3) is 0 Å². The van der Waals surface area contributed by atoms with Gasteiger partial charge in [0.15, 0.2) is 5.82 Å². The number of rotatable bonds is 7. The van der Waals surface area contributed by atoms with E-state index in [9.17, 15) is 0 Å². The largest absolute Gasteiger partial charge is 0.496 e. The van der Waals surface area contributed by atoms with Gasteiger partial charge in [0, 0.05) is 38.3 Å². The SMILES string of the molecule is COc1ccccc1C(c1nnnn1CCc1ccccc1)N1CCN(C)CC1. The monoisotopic (exact) mass is 392 g/mol. The van der Waals surface area contributed by atoms with Crippen molar-refractivity contribution in [2.24, 2.45) is 0 Å². The van der Waals surface area contributed by atoms with E-state index in [0.717, 1.165) is 56.3 Å². The fraction of sp³-hybridized carbons (Fsp3) is 0.409. The van der Waals surface area contributed by atoms with Crippen LogP contribution in [-0.4, -0.2) is 70.3 Å². The third-order valence-corrected chi connectivity index (χ3v) is 5.60. The topological polar surface area (TPSA) is 59.3 Å². The number of ether oxygens (including phenoxy) is 1. The summed E-state index contributed by atoms with van der Waals surface area (Å²) in [6.07, 6.45) is 0.889. The van der Waals surface area contributed by atoms with Crippen LogP contribution in [0.3, 0.4) is 0 Å². The Labute approximate surface area is 171 Å². The Bertz CT molecular complexity index is 904. The fourth-order valence-corrected chi connectivity index (χ4v) is 3.92. The standard InChI is InChI=1S/C22H28N6O/c1-26-14-16-27(17-15-26)21(19-10-6-7-11-20(19)29-2)22-23-24-25-28(22)13-12-18-8-4-3-5-9-18/h3-11,21H,12-17H2,1-2H3. The summed E-state index contributed by atoms with van der Waals surface area (Å²) in [5.74, 6) is 1.74. The van der Waals surface area contributed by atoms with Gasteiger partial charge in [0.05, 0.1) is 7.11 Å². The van der Waals surface area contributed by atoms with Crippen LogP contribution in [0.1, 0.15) is 23.0 Å². The first kappa shape index (κ1) is 19.5. The van der Waals surface area contributed by atoms with E-state index in [1.807, 2.05) is 22.9 Å². The average Bonchev–Trinajstić information content (AvgIpc) is 3.23. The van der Waals surface area contributed by atoms with Crippen molar-refractivity contribution < 1.29 is 4.74 Å². The lowest BCUT2D eigenvalue weighted by Gasteiger charge is -2.37. The molecule has 0 radical (unpaired) electrons. The van der Waals surface area contributed by atoms with Crippen molar-refractivity contribution in [2.75, 3.05) is 40.3 Å². The van der Waals surface area contributed by atoms with E-state index in [2.05, 4.69) is 68.8 Å². The van der Waals surface area contributed by atoms with E-state index in [0.29, 0.717) is 0 Å². The van der Waals surface area contributed by atoms with Crippen LogP contribution < -0.4 is 4.74 Å². The lowest BCUT2D eigenvalue weighted by Crippen LogP contribution is -2.46. The van der Waals surface area contributed by atoms with Crippen LogP contribution in [0.2, 0.25) is 0 Å². The first-order valence-electron chi connectivity index (χ1n) is 10.1. The van der Waals surface area contributed by atoms with Crippen LogP contribution in [0.4, 0.5) is 0 Å². The predicted molar refractivity (Wildman–Crippen MR) is 112 cm³/mol. The fourth-order valence-electron chi connectivity index (χ4n) is 3.92. The van der Waals surface area contributed by atoms with Crippen LogP contribution in [0, 0.1) is 0 Å². The highest BCUT2D eigenvalue weighted by Gasteiger charge is 2.31. The summed E-state index contributed by atoms with van der Waals surface area (Å²) < 4.78 is 7.64. The maximum Gasteiger partial charge on any atom is 0.173 e. The molecule has 1 atom stereocenters. The molecule has 1 unspecified atom stereocenters. The van der Waals surface area contributed by atoms with Crippen LogP contribution >= 0.6 is 0 Å². The van der Waals surface area contributed by atoms with Gasteiger partial charge in [-0.05, 0) is 35.5 Å². The quantitative estimate of drug-likeness (QED) is 0.615. The number of para-hydroxylation sites is 1. The molecule has 4 rings (SSSR count). The molecule has 2 aromatic carbocycles. The van der Waals surface area contributed by atoms with Crippen LogP contribution in [0.5, 0.6) is 5.75 Å². The van der Waals surface area contributed by atoms with Gasteiger partial charge < -0.3 is 9.64 Å². The molecule has 1 aromatic heterocycles. The first-order valence-corrected chi connectivity index (χ1v) is 10.1. The van der Waals surface area contributed by atoms with Crippen molar-refractivity contribution in [3.05, 3.63) is 71.5 Å². The molecule has 2 heterocycles. The summed E-state index contributed by atoms with van der Waals surface area (Å²) in [5.41, 5.74) is 2.39. The van der Waals surface area contributed by atoms with Crippen LogP contribution in [-0.2, 0) is 13.0 Å². The van der Waals surface area contributed by atoms with Gasteiger partial charge in [-0.25, -0.2) is 4.68 Å². The van der Waals surface area contributed by atoms with Gasteiger partial charge in [0.1, 0.15) is 11.8 Å². The Balaban J connectivity index is 1.66. The minimum Gasteiger partial charge on any atom is -0.496 e. The van der Waals surface area contributed by atoms with E-state index in [1.54, 1.807) is 7.11 Å². The number of methoxy groups -OCH3 is 1. The molecular weight excluding hydrogens is 364 g/mol. The third-order valence-electron chi connectivity index (χ3n) is 5.60. The van der Waals surface area contributed by atoms with Crippen molar-refractivity contribution >= 4 is 0 Å². The molecule has 0 N–H and O–H groups in total. The number of tetrazole rings is 1. The zero-order valence-corrected chi connectivity index (χ0v) is 17.1. The molecule has 1 aliphatic rings. The zero-order valence-electron chi connectivity index (χ0n) is 17.1. The third kappa shape index (κ3) is 4.46. The Morgan fingerprint density at radius 1 is 0.966 bits per heavy atom. The maximum absolute atomic E-state index is 5.69. The summed E-state index contributed by atoms with van der Waals surface area (Å²) in [4.78, 5) is 4.82. The highest BCUT2D eigenvalue weighted by Crippen LogP contribution is 2.34. The van der Waals surface area contributed by atoms with Gasteiger partial charge in [-0.2, -0.15) is 0 Å². The molecule has 1 fully saturated rings. The van der Waals surface area contributed by atoms with E-state index in [1.165, 1.54) is 5.56 Å². The molecule has 1 aliphatic heterocycles. The number of benzene rings is 2. The Morgan fingerprint density at radius 2 is 1.69 bits per heavy atom. The second-order valence-electron chi connectivity index (χ2n) is 7.48. The minimum atomic E-state index is -0.0365. The van der Waals surface area contributed by atoms with Crippen molar-refractivity contribution in [2.45, 2.75) is 19.0 Å². The number of hydrogen-bond donors (Lipinski definition) is 0. The molecule has 7 nitrogen and oxygen atoms in total. The van der Waals surface area contributed by atoms with E-state index < -0.39 is 0 Å². The number of nitrogens with zero attached hydrogens (tertiary/aromatic N) is 6. The highest BCUT2D eigenvalue weighted by atomic mass is 16.5. The summed E-state index contributed by atoms with van der Waals surface area (Å²) in [6, 6.07) is 18.6. The van der Waals surface area contributed by atoms with Crippen molar-refractivity contribution in [1.29, 1.82) is 0 Å². The van der Waals surface area contributed by atoms with Gasteiger partial charge in [-0.3, -0.25) is 4.90 Å². The number of aryl methyl sites for hydroxylation is 2. The van der Waals surface area contributed by atoms with Gasteiger partial charge in [-0.1, -0.05) is 48.5 Å². The van der Waals surface area contributed by atoms with Crippen LogP contribution in [0.15, 0.2) is 54.6 Å². The maximum atomic E-state index is 5.69. The summed E-state index contributed by atoms with van der Waals surface area (Å²) in [7, 11) is 3.89. The summed E-state index contributed by atoms with van der Waals surface area (Å²) in [6.45, 7) is 4.72. The zero-order chi connectivity index (χ0) is 20.1. The number of likely N-dealkylation sites (N-methyl/N-ethyl adjacent to an activating group) is 1. The molecule has 29 heavy (non-hydrogen) atoms. The Morgan fingerprint density at radius 3 is 2.45 bits per heavy atom. The van der Waals surface area contributed by atoms with Gasteiger partial charge >= 0.3 is 0 Å². The smallest absolute Gasteiger partial charge is 0.173 e. The second kappa shape index (κ2) is 9.15. The molecule has 0 saturated carbocycles. The number of aromatic nitrogens is 4. The molecule has 7 heteroatoms. The normalized spacial score (nSPS) is 16.6. The molecular formula is C22H28N6O. The molecule has 0 aliphatic carbocycles.